The van der Waals surface area contributed by atoms with Crippen LogP contribution in [-0.2, 0) is 0 Å². The van der Waals surface area contributed by atoms with E-state index in [1.807, 2.05) is 6.92 Å². The molecular formula is C10H12N2O. The largest absolute Gasteiger partial charge is 0.328 e. The minimum absolute atomic E-state index is 0.0418. The molecule has 1 aliphatic heterocycles. The zero-order valence-electron chi connectivity index (χ0n) is 7.63. The Bertz CT molecular complexity index is 404. The number of nitrogens with zero attached hydrogens (tertiary/aromatic N) is 1. The van der Waals surface area contributed by atoms with Crippen molar-refractivity contribution in [2.45, 2.75) is 19.8 Å². The summed E-state index contributed by atoms with van der Waals surface area (Å²) in [5.74, 6) is 0. The SMILES string of the molecule is Cc1cc(=O)[nH]cc1C1=NCCC1. The highest BCUT2D eigenvalue weighted by Crippen LogP contribution is 2.14. The second-order valence-electron chi connectivity index (χ2n) is 3.33. The summed E-state index contributed by atoms with van der Waals surface area (Å²) in [5, 5.41) is 0. The van der Waals surface area contributed by atoms with Crippen LogP contribution in [0.2, 0.25) is 0 Å². The van der Waals surface area contributed by atoms with Crippen molar-refractivity contribution in [1.82, 2.24) is 4.98 Å². The van der Waals surface area contributed by atoms with Crippen LogP contribution < -0.4 is 5.56 Å². The molecule has 0 unspecified atom stereocenters. The quantitative estimate of drug-likeness (QED) is 0.688. The van der Waals surface area contributed by atoms with Crippen molar-refractivity contribution < 1.29 is 0 Å². The van der Waals surface area contributed by atoms with Crippen molar-refractivity contribution in [3.63, 3.8) is 0 Å². The molecule has 0 aliphatic carbocycles. The number of hydrogen-bond donors (Lipinski definition) is 1. The van der Waals surface area contributed by atoms with Crippen molar-refractivity contribution in [1.29, 1.82) is 0 Å². The number of aromatic amines is 1. The van der Waals surface area contributed by atoms with Gasteiger partial charge in [0, 0.05) is 30.1 Å². The first-order chi connectivity index (χ1) is 6.27. The van der Waals surface area contributed by atoms with Gasteiger partial charge in [0.25, 0.3) is 0 Å². The fourth-order valence-corrected chi connectivity index (χ4v) is 1.64. The van der Waals surface area contributed by atoms with Crippen LogP contribution in [0, 0.1) is 6.92 Å². The average molecular weight is 176 g/mol. The van der Waals surface area contributed by atoms with Crippen LogP contribution in [0.3, 0.4) is 0 Å². The molecule has 0 saturated carbocycles. The molecule has 0 aromatic carbocycles. The average Bonchev–Trinajstić information content (AvgIpc) is 2.56. The molecule has 1 aliphatic rings. The van der Waals surface area contributed by atoms with Gasteiger partial charge in [-0.3, -0.25) is 9.79 Å². The number of aryl methyl sites for hydroxylation is 1. The highest BCUT2D eigenvalue weighted by molar-refractivity contribution is 6.02. The van der Waals surface area contributed by atoms with E-state index in [2.05, 4.69) is 9.98 Å². The minimum atomic E-state index is -0.0418. The van der Waals surface area contributed by atoms with Gasteiger partial charge < -0.3 is 4.98 Å². The molecule has 0 fully saturated rings. The third-order valence-electron chi connectivity index (χ3n) is 2.32. The van der Waals surface area contributed by atoms with Crippen molar-refractivity contribution in [3.8, 4) is 0 Å². The molecule has 2 heterocycles. The summed E-state index contributed by atoms with van der Waals surface area (Å²) in [5.41, 5.74) is 3.20. The second kappa shape index (κ2) is 3.17. The maximum atomic E-state index is 11.0. The fraction of sp³-hybridized carbons (Fsp3) is 0.400. The van der Waals surface area contributed by atoms with Gasteiger partial charge in [-0.15, -0.1) is 0 Å². The van der Waals surface area contributed by atoms with E-state index in [-0.39, 0.29) is 5.56 Å². The summed E-state index contributed by atoms with van der Waals surface area (Å²) in [6, 6.07) is 1.62. The zero-order valence-corrected chi connectivity index (χ0v) is 7.63. The number of nitrogens with one attached hydrogen (secondary N) is 1. The summed E-state index contributed by atoms with van der Waals surface area (Å²) < 4.78 is 0. The second-order valence-corrected chi connectivity index (χ2v) is 3.33. The highest BCUT2D eigenvalue weighted by Gasteiger charge is 2.10. The molecule has 1 aromatic heterocycles. The zero-order chi connectivity index (χ0) is 9.26. The van der Waals surface area contributed by atoms with E-state index in [4.69, 9.17) is 0 Å². The van der Waals surface area contributed by atoms with E-state index >= 15 is 0 Å². The molecule has 1 aromatic rings. The standard InChI is InChI=1S/C10H12N2O/c1-7-5-10(13)12-6-8(7)9-3-2-4-11-9/h5-6H,2-4H2,1H3,(H,12,13). The van der Waals surface area contributed by atoms with Crippen LogP contribution in [0.25, 0.3) is 0 Å². The predicted molar refractivity (Wildman–Crippen MR) is 52.4 cm³/mol. The monoisotopic (exact) mass is 176 g/mol. The molecule has 0 saturated heterocycles. The summed E-state index contributed by atoms with van der Waals surface area (Å²) in [4.78, 5) is 18.0. The lowest BCUT2D eigenvalue weighted by Crippen LogP contribution is -2.09. The van der Waals surface area contributed by atoms with Crippen molar-refractivity contribution in [2.75, 3.05) is 6.54 Å². The predicted octanol–water partition coefficient (Wildman–Crippen LogP) is 1.27. The molecular weight excluding hydrogens is 164 g/mol. The van der Waals surface area contributed by atoms with Crippen molar-refractivity contribution in [3.05, 3.63) is 33.7 Å². The first-order valence-electron chi connectivity index (χ1n) is 4.50. The van der Waals surface area contributed by atoms with E-state index in [9.17, 15) is 4.79 Å². The first kappa shape index (κ1) is 8.23. The van der Waals surface area contributed by atoms with E-state index in [0.717, 1.165) is 36.2 Å². The molecule has 0 spiro atoms. The van der Waals surface area contributed by atoms with E-state index in [0.29, 0.717) is 0 Å². The van der Waals surface area contributed by atoms with Gasteiger partial charge in [-0.05, 0) is 25.3 Å². The maximum absolute atomic E-state index is 11.0. The number of rotatable bonds is 1. The first-order valence-corrected chi connectivity index (χ1v) is 4.50. The van der Waals surface area contributed by atoms with Crippen LogP contribution in [0.4, 0.5) is 0 Å². The normalized spacial score (nSPS) is 15.9. The Morgan fingerprint density at radius 2 is 2.38 bits per heavy atom. The topological polar surface area (TPSA) is 45.2 Å². The van der Waals surface area contributed by atoms with Crippen LogP contribution in [0.5, 0.6) is 0 Å². The van der Waals surface area contributed by atoms with Crippen LogP contribution in [0.15, 0.2) is 22.1 Å². The van der Waals surface area contributed by atoms with Gasteiger partial charge in [-0.2, -0.15) is 0 Å². The number of pyridine rings is 1. The third kappa shape index (κ3) is 1.54. The molecule has 3 nitrogen and oxygen atoms in total. The van der Waals surface area contributed by atoms with Crippen LogP contribution in [-0.4, -0.2) is 17.2 Å². The van der Waals surface area contributed by atoms with Gasteiger partial charge in [-0.1, -0.05) is 0 Å². The molecule has 0 amide bonds. The Balaban J connectivity index is 2.46. The molecule has 0 bridgehead atoms. The molecule has 68 valence electrons. The summed E-state index contributed by atoms with van der Waals surface area (Å²) in [6.45, 7) is 2.87. The van der Waals surface area contributed by atoms with Crippen molar-refractivity contribution >= 4 is 5.71 Å². The van der Waals surface area contributed by atoms with Gasteiger partial charge in [0.1, 0.15) is 0 Å². The fourth-order valence-electron chi connectivity index (χ4n) is 1.64. The molecule has 0 atom stereocenters. The molecule has 2 rings (SSSR count). The summed E-state index contributed by atoms with van der Waals surface area (Å²) >= 11 is 0. The van der Waals surface area contributed by atoms with E-state index in [1.165, 1.54) is 0 Å². The Hall–Kier alpha value is -1.38. The lowest BCUT2D eigenvalue weighted by molar-refractivity contribution is 0.951. The number of aromatic nitrogens is 1. The lowest BCUT2D eigenvalue weighted by atomic mass is 10.1. The van der Waals surface area contributed by atoms with Gasteiger partial charge in [0.05, 0.1) is 0 Å². The molecule has 13 heavy (non-hydrogen) atoms. The third-order valence-corrected chi connectivity index (χ3v) is 2.32. The molecule has 0 radical (unpaired) electrons. The molecule has 1 N–H and O–H groups in total. The van der Waals surface area contributed by atoms with Gasteiger partial charge >= 0.3 is 0 Å². The number of H-pyrrole nitrogens is 1. The van der Waals surface area contributed by atoms with Gasteiger partial charge in [0.2, 0.25) is 5.56 Å². The van der Waals surface area contributed by atoms with E-state index < -0.39 is 0 Å². The number of hydrogen-bond acceptors (Lipinski definition) is 2. The summed E-state index contributed by atoms with van der Waals surface area (Å²) in [7, 11) is 0. The van der Waals surface area contributed by atoms with Gasteiger partial charge in [0.15, 0.2) is 0 Å². The van der Waals surface area contributed by atoms with Gasteiger partial charge in [-0.25, -0.2) is 0 Å². The van der Waals surface area contributed by atoms with Crippen LogP contribution >= 0.6 is 0 Å². The highest BCUT2D eigenvalue weighted by atomic mass is 16.1. The lowest BCUT2D eigenvalue weighted by Gasteiger charge is -2.03. The Kier molecular flexibility index (Phi) is 2.00. The minimum Gasteiger partial charge on any atom is -0.328 e. The van der Waals surface area contributed by atoms with E-state index in [1.54, 1.807) is 12.3 Å². The van der Waals surface area contributed by atoms with Crippen molar-refractivity contribution in [2.24, 2.45) is 4.99 Å². The Morgan fingerprint density at radius 3 is 3.00 bits per heavy atom. The summed E-state index contributed by atoms with van der Waals surface area (Å²) in [6.07, 6.45) is 3.93. The maximum Gasteiger partial charge on any atom is 0.248 e. The molecule has 3 heteroatoms. The number of aliphatic imine (C=N–C) groups is 1. The Labute approximate surface area is 76.5 Å². The smallest absolute Gasteiger partial charge is 0.248 e. The Morgan fingerprint density at radius 1 is 1.54 bits per heavy atom. The van der Waals surface area contributed by atoms with Crippen LogP contribution in [0.1, 0.15) is 24.0 Å².